The van der Waals surface area contributed by atoms with Crippen LogP contribution in [0.4, 0.5) is 20.2 Å². The molecule has 0 unspecified atom stereocenters. The topological polar surface area (TPSA) is 55.2 Å². The van der Waals surface area contributed by atoms with Crippen molar-refractivity contribution >= 4 is 11.4 Å². The Bertz CT molecular complexity index is 660. The Morgan fingerprint density at radius 1 is 1.25 bits per heavy atom. The maximum absolute atomic E-state index is 13.5. The number of anilines is 1. The highest BCUT2D eigenvalue weighted by molar-refractivity contribution is 5.57. The fourth-order valence-corrected chi connectivity index (χ4v) is 1.79. The van der Waals surface area contributed by atoms with Gasteiger partial charge in [0.2, 0.25) is 0 Å². The van der Waals surface area contributed by atoms with Gasteiger partial charge >= 0.3 is 0 Å². The SMILES string of the molecule is Cc1ccc([N+](=O)[O-])cc1NCc1cccc(F)c1F. The highest BCUT2D eigenvalue weighted by Gasteiger charge is 2.10. The third-order valence-electron chi connectivity index (χ3n) is 2.93. The summed E-state index contributed by atoms with van der Waals surface area (Å²) in [5.41, 5.74) is 1.41. The number of nitrogens with one attached hydrogen (secondary N) is 1. The number of hydrogen-bond acceptors (Lipinski definition) is 3. The molecule has 0 heterocycles. The monoisotopic (exact) mass is 278 g/mol. The summed E-state index contributed by atoms with van der Waals surface area (Å²) in [6, 6.07) is 8.27. The van der Waals surface area contributed by atoms with E-state index >= 15 is 0 Å². The number of nitro groups is 1. The zero-order valence-electron chi connectivity index (χ0n) is 10.7. The van der Waals surface area contributed by atoms with E-state index in [0.717, 1.165) is 11.6 Å². The Morgan fingerprint density at radius 2 is 2.00 bits per heavy atom. The molecule has 0 bridgehead atoms. The molecule has 20 heavy (non-hydrogen) atoms. The summed E-state index contributed by atoms with van der Waals surface area (Å²) in [6.07, 6.45) is 0. The van der Waals surface area contributed by atoms with E-state index in [4.69, 9.17) is 0 Å². The summed E-state index contributed by atoms with van der Waals surface area (Å²) in [7, 11) is 0. The summed E-state index contributed by atoms with van der Waals surface area (Å²) in [4.78, 5) is 10.2. The van der Waals surface area contributed by atoms with E-state index in [-0.39, 0.29) is 17.8 Å². The Morgan fingerprint density at radius 3 is 2.70 bits per heavy atom. The molecule has 2 rings (SSSR count). The van der Waals surface area contributed by atoms with E-state index in [2.05, 4.69) is 5.32 Å². The summed E-state index contributed by atoms with van der Waals surface area (Å²) in [5.74, 6) is -1.83. The molecule has 0 atom stereocenters. The number of nitrogens with zero attached hydrogens (tertiary/aromatic N) is 1. The average molecular weight is 278 g/mol. The van der Waals surface area contributed by atoms with Crippen LogP contribution in [0.3, 0.4) is 0 Å². The van der Waals surface area contributed by atoms with Gasteiger partial charge in [-0.2, -0.15) is 0 Å². The smallest absolute Gasteiger partial charge is 0.271 e. The Kier molecular flexibility index (Phi) is 3.93. The molecule has 0 amide bonds. The molecule has 2 aromatic rings. The lowest BCUT2D eigenvalue weighted by Crippen LogP contribution is -2.04. The van der Waals surface area contributed by atoms with Crippen LogP contribution in [0.2, 0.25) is 0 Å². The fraction of sp³-hybridized carbons (Fsp3) is 0.143. The van der Waals surface area contributed by atoms with E-state index in [1.54, 1.807) is 13.0 Å². The highest BCUT2D eigenvalue weighted by Crippen LogP contribution is 2.23. The van der Waals surface area contributed by atoms with Crippen molar-refractivity contribution in [2.75, 3.05) is 5.32 Å². The molecule has 0 aliphatic rings. The van der Waals surface area contributed by atoms with Gasteiger partial charge in [0, 0.05) is 29.9 Å². The Labute approximate surface area is 114 Å². The van der Waals surface area contributed by atoms with Gasteiger partial charge in [0.25, 0.3) is 5.69 Å². The maximum atomic E-state index is 13.5. The molecule has 0 spiro atoms. The Balaban J connectivity index is 2.20. The number of non-ortho nitro benzene ring substituents is 1. The van der Waals surface area contributed by atoms with E-state index in [9.17, 15) is 18.9 Å². The quantitative estimate of drug-likeness (QED) is 0.683. The first-order valence-corrected chi connectivity index (χ1v) is 5.91. The summed E-state index contributed by atoms with van der Waals surface area (Å²) in [6.45, 7) is 1.82. The molecule has 0 radical (unpaired) electrons. The van der Waals surface area contributed by atoms with E-state index in [1.165, 1.54) is 24.3 Å². The number of nitro benzene ring substituents is 1. The van der Waals surface area contributed by atoms with Crippen LogP contribution < -0.4 is 5.32 Å². The third kappa shape index (κ3) is 2.90. The average Bonchev–Trinajstić information content (AvgIpc) is 2.41. The summed E-state index contributed by atoms with van der Waals surface area (Å²) >= 11 is 0. The molecule has 4 nitrogen and oxygen atoms in total. The molecule has 6 heteroatoms. The van der Waals surface area contributed by atoms with Gasteiger partial charge < -0.3 is 5.32 Å². The standard InChI is InChI=1S/C14H12F2N2O2/c1-9-5-6-11(18(19)20)7-13(9)17-8-10-3-2-4-12(15)14(10)16/h2-7,17H,8H2,1H3. The number of rotatable bonds is 4. The molecular formula is C14H12F2N2O2. The molecule has 0 saturated heterocycles. The number of hydrogen-bond donors (Lipinski definition) is 1. The van der Waals surface area contributed by atoms with Crippen LogP contribution in [0.1, 0.15) is 11.1 Å². The minimum Gasteiger partial charge on any atom is -0.380 e. The van der Waals surface area contributed by atoms with E-state index < -0.39 is 16.6 Å². The molecule has 0 saturated carbocycles. The number of halogens is 2. The van der Waals surface area contributed by atoms with Crippen molar-refractivity contribution in [3.8, 4) is 0 Å². The van der Waals surface area contributed by atoms with Crippen LogP contribution in [-0.2, 0) is 6.54 Å². The van der Waals surface area contributed by atoms with E-state index in [0.29, 0.717) is 5.69 Å². The van der Waals surface area contributed by atoms with Gasteiger partial charge in [0.1, 0.15) is 0 Å². The minimum absolute atomic E-state index is 0.0472. The van der Waals surface area contributed by atoms with Gasteiger partial charge in [0.15, 0.2) is 11.6 Å². The Hall–Kier alpha value is -2.50. The molecular weight excluding hydrogens is 266 g/mol. The van der Waals surface area contributed by atoms with E-state index in [1.807, 2.05) is 0 Å². The van der Waals surface area contributed by atoms with Crippen LogP contribution in [0.15, 0.2) is 36.4 Å². The fourth-order valence-electron chi connectivity index (χ4n) is 1.79. The largest absolute Gasteiger partial charge is 0.380 e. The second-order valence-corrected chi connectivity index (χ2v) is 4.32. The zero-order valence-corrected chi connectivity index (χ0v) is 10.7. The second-order valence-electron chi connectivity index (χ2n) is 4.32. The van der Waals surface area contributed by atoms with Gasteiger partial charge in [-0.15, -0.1) is 0 Å². The first-order valence-electron chi connectivity index (χ1n) is 5.91. The van der Waals surface area contributed by atoms with Gasteiger partial charge in [0.05, 0.1) is 4.92 Å². The van der Waals surface area contributed by atoms with Crippen molar-refractivity contribution < 1.29 is 13.7 Å². The first kappa shape index (κ1) is 13.9. The van der Waals surface area contributed by atoms with Crippen molar-refractivity contribution in [3.05, 3.63) is 69.3 Å². The molecule has 0 aliphatic carbocycles. The predicted molar refractivity (Wildman–Crippen MR) is 71.5 cm³/mol. The van der Waals surface area contributed by atoms with Gasteiger partial charge in [-0.3, -0.25) is 10.1 Å². The van der Waals surface area contributed by atoms with Crippen LogP contribution >= 0.6 is 0 Å². The van der Waals surface area contributed by atoms with Gasteiger partial charge in [-0.1, -0.05) is 18.2 Å². The van der Waals surface area contributed by atoms with Crippen LogP contribution in [-0.4, -0.2) is 4.92 Å². The molecule has 1 N–H and O–H groups in total. The summed E-state index contributed by atoms with van der Waals surface area (Å²) in [5, 5.41) is 13.6. The van der Waals surface area contributed by atoms with Crippen LogP contribution in [0.25, 0.3) is 0 Å². The number of aryl methyl sites for hydroxylation is 1. The molecule has 0 fully saturated rings. The van der Waals surface area contributed by atoms with Crippen molar-refractivity contribution in [1.29, 1.82) is 0 Å². The maximum Gasteiger partial charge on any atom is 0.271 e. The van der Waals surface area contributed by atoms with Crippen LogP contribution in [0.5, 0.6) is 0 Å². The lowest BCUT2D eigenvalue weighted by molar-refractivity contribution is -0.384. The normalized spacial score (nSPS) is 10.3. The highest BCUT2D eigenvalue weighted by atomic mass is 19.2. The molecule has 0 aromatic heterocycles. The lowest BCUT2D eigenvalue weighted by atomic mass is 10.1. The first-order chi connectivity index (χ1) is 9.49. The van der Waals surface area contributed by atoms with Crippen molar-refractivity contribution in [1.82, 2.24) is 0 Å². The predicted octanol–water partition coefficient (Wildman–Crippen LogP) is 3.79. The molecule has 2 aromatic carbocycles. The third-order valence-corrected chi connectivity index (χ3v) is 2.93. The second kappa shape index (κ2) is 5.64. The lowest BCUT2D eigenvalue weighted by Gasteiger charge is -2.10. The zero-order chi connectivity index (χ0) is 14.7. The van der Waals surface area contributed by atoms with Crippen LogP contribution in [0, 0.1) is 28.7 Å². The van der Waals surface area contributed by atoms with Crippen molar-refractivity contribution in [2.24, 2.45) is 0 Å². The molecule has 0 aliphatic heterocycles. The van der Waals surface area contributed by atoms with Gasteiger partial charge in [-0.05, 0) is 18.6 Å². The number of benzene rings is 2. The molecule has 104 valence electrons. The van der Waals surface area contributed by atoms with Crippen molar-refractivity contribution in [2.45, 2.75) is 13.5 Å². The van der Waals surface area contributed by atoms with Gasteiger partial charge in [-0.25, -0.2) is 8.78 Å². The minimum atomic E-state index is -0.917. The van der Waals surface area contributed by atoms with Crippen molar-refractivity contribution in [3.63, 3.8) is 0 Å². The summed E-state index contributed by atoms with van der Waals surface area (Å²) < 4.78 is 26.6.